The maximum Gasteiger partial charge on any atom is 0.143 e. The third-order valence-corrected chi connectivity index (χ3v) is 3.01. The molecule has 0 fully saturated rings. The highest BCUT2D eigenvalue weighted by Gasteiger charge is 2.18. The number of hydrogen-bond acceptors (Lipinski definition) is 4. The zero-order valence-electron chi connectivity index (χ0n) is 11.7. The summed E-state index contributed by atoms with van der Waals surface area (Å²) in [5.41, 5.74) is 1.40. The number of nitrogens with zero attached hydrogens (tertiary/aromatic N) is 1. The second-order valence-corrected chi connectivity index (χ2v) is 4.41. The summed E-state index contributed by atoms with van der Waals surface area (Å²) >= 11 is 0. The van der Waals surface area contributed by atoms with E-state index < -0.39 is 6.10 Å². The van der Waals surface area contributed by atoms with Gasteiger partial charge in [0, 0.05) is 17.3 Å². The lowest BCUT2D eigenvalue weighted by atomic mass is 10.0. The summed E-state index contributed by atoms with van der Waals surface area (Å²) in [6, 6.07) is 9.24. The van der Waals surface area contributed by atoms with Crippen LogP contribution in [0.2, 0.25) is 0 Å². The van der Waals surface area contributed by atoms with Crippen LogP contribution in [0, 0.1) is 0 Å². The van der Waals surface area contributed by atoms with Gasteiger partial charge in [0.2, 0.25) is 0 Å². The highest BCUT2D eigenvalue weighted by atomic mass is 16.5. The van der Waals surface area contributed by atoms with Crippen LogP contribution in [0.5, 0.6) is 11.5 Å². The van der Waals surface area contributed by atoms with Crippen LogP contribution < -0.4 is 9.47 Å². The van der Waals surface area contributed by atoms with E-state index in [0.717, 1.165) is 12.0 Å². The van der Waals surface area contributed by atoms with E-state index in [-0.39, 0.29) is 0 Å². The van der Waals surface area contributed by atoms with E-state index in [1.807, 2.05) is 31.2 Å². The fourth-order valence-corrected chi connectivity index (χ4v) is 2.00. The van der Waals surface area contributed by atoms with Crippen LogP contribution in [0.1, 0.15) is 30.6 Å². The average molecular weight is 273 g/mol. The van der Waals surface area contributed by atoms with Crippen LogP contribution in [-0.2, 0) is 0 Å². The minimum Gasteiger partial charge on any atom is -0.495 e. The molecule has 1 unspecified atom stereocenters. The maximum absolute atomic E-state index is 10.6. The second kappa shape index (κ2) is 6.91. The summed E-state index contributed by atoms with van der Waals surface area (Å²) in [6.45, 7) is 2.67. The van der Waals surface area contributed by atoms with Crippen LogP contribution in [-0.4, -0.2) is 23.8 Å². The van der Waals surface area contributed by atoms with Crippen molar-refractivity contribution in [1.29, 1.82) is 0 Å². The summed E-state index contributed by atoms with van der Waals surface area (Å²) in [5, 5.41) is 10.6. The molecule has 2 rings (SSSR count). The predicted octanol–water partition coefficient (Wildman–Crippen LogP) is 2.96. The molecule has 0 aliphatic rings. The molecule has 4 nitrogen and oxygen atoms in total. The van der Waals surface area contributed by atoms with Crippen molar-refractivity contribution in [2.24, 2.45) is 0 Å². The van der Waals surface area contributed by atoms with E-state index in [2.05, 4.69) is 4.98 Å². The van der Waals surface area contributed by atoms with Crippen LogP contribution >= 0.6 is 0 Å². The molecule has 106 valence electrons. The fourth-order valence-electron chi connectivity index (χ4n) is 2.00. The van der Waals surface area contributed by atoms with Crippen molar-refractivity contribution < 1.29 is 14.6 Å². The van der Waals surface area contributed by atoms with Crippen LogP contribution in [0.3, 0.4) is 0 Å². The van der Waals surface area contributed by atoms with Gasteiger partial charge in [-0.1, -0.05) is 25.1 Å². The van der Waals surface area contributed by atoms with Crippen LogP contribution in [0.15, 0.2) is 42.7 Å². The smallest absolute Gasteiger partial charge is 0.143 e. The maximum atomic E-state index is 10.6. The van der Waals surface area contributed by atoms with E-state index in [9.17, 15) is 5.11 Å². The molecule has 0 amide bonds. The number of para-hydroxylation sites is 1. The SMILES string of the molecule is CCCOc1ccccc1C(O)c1ccncc1OC. The number of benzene rings is 1. The van der Waals surface area contributed by atoms with Crippen molar-refractivity contribution in [3.05, 3.63) is 53.9 Å². The van der Waals surface area contributed by atoms with Crippen molar-refractivity contribution in [2.75, 3.05) is 13.7 Å². The van der Waals surface area contributed by atoms with Gasteiger partial charge in [-0.2, -0.15) is 0 Å². The monoisotopic (exact) mass is 273 g/mol. The standard InChI is InChI=1S/C16H19NO3/c1-3-10-20-14-7-5-4-6-12(14)16(18)13-8-9-17-11-15(13)19-2/h4-9,11,16,18H,3,10H2,1-2H3. The average Bonchev–Trinajstić information content (AvgIpc) is 2.52. The molecule has 1 atom stereocenters. The Morgan fingerprint density at radius 3 is 2.65 bits per heavy atom. The first kappa shape index (κ1) is 14.3. The van der Waals surface area contributed by atoms with Gasteiger partial charge in [-0.25, -0.2) is 0 Å². The molecular formula is C16H19NO3. The zero-order valence-corrected chi connectivity index (χ0v) is 11.7. The normalized spacial score (nSPS) is 11.9. The highest BCUT2D eigenvalue weighted by Crippen LogP contribution is 2.33. The Morgan fingerprint density at radius 1 is 1.15 bits per heavy atom. The first-order chi connectivity index (χ1) is 9.77. The molecule has 1 heterocycles. The first-order valence-corrected chi connectivity index (χ1v) is 6.65. The fraction of sp³-hybridized carbons (Fsp3) is 0.312. The third kappa shape index (κ3) is 3.08. The van der Waals surface area contributed by atoms with Gasteiger partial charge in [0.1, 0.15) is 17.6 Å². The quantitative estimate of drug-likeness (QED) is 0.879. The van der Waals surface area contributed by atoms with Gasteiger partial charge in [0.25, 0.3) is 0 Å². The number of aromatic nitrogens is 1. The molecule has 0 bridgehead atoms. The van der Waals surface area contributed by atoms with Crippen molar-refractivity contribution in [2.45, 2.75) is 19.4 Å². The Hall–Kier alpha value is -2.07. The molecule has 0 saturated heterocycles. The molecule has 0 spiro atoms. The van der Waals surface area contributed by atoms with E-state index in [0.29, 0.717) is 23.7 Å². The van der Waals surface area contributed by atoms with Gasteiger partial charge in [-0.15, -0.1) is 0 Å². The molecule has 0 saturated carbocycles. The molecule has 2 aromatic rings. The van der Waals surface area contributed by atoms with Gasteiger partial charge in [-0.05, 0) is 18.6 Å². The number of ether oxygens (including phenoxy) is 2. The number of aliphatic hydroxyl groups is 1. The predicted molar refractivity (Wildman–Crippen MR) is 77.1 cm³/mol. The van der Waals surface area contributed by atoms with Gasteiger partial charge < -0.3 is 14.6 Å². The lowest BCUT2D eigenvalue weighted by Gasteiger charge is -2.18. The zero-order chi connectivity index (χ0) is 14.4. The lowest BCUT2D eigenvalue weighted by molar-refractivity contribution is 0.205. The lowest BCUT2D eigenvalue weighted by Crippen LogP contribution is -2.06. The summed E-state index contributed by atoms with van der Waals surface area (Å²) in [6.07, 6.45) is 3.34. The molecule has 1 N–H and O–H groups in total. The summed E-state index contributed by atoms with van der Waals surface area (Å²) in [4.78, 5) is 4.00. The molecule has 1 aromatic heterocycles. The molecule has 1 aromatic carbocycles. The van der Waals surface area contributed by atoms with Crippen molar-refractivity contribution in [3.63, 3.8) is 0 Å². The molecule has 4 heteroatoms. The first-order valence-electron chi connectivity index (χ1n) is 6.65. The minimum atomic E-state index is -0.805. The van der Waals surface area contributed by atoms with Gasteiger partial charge in [-0.3, -0.25) is 4.98 Å². The highest BCUT2D eigenvalue weighted by molar-refractivity contribution is 5.44. The van der Waals surface area contributed by atoms with E-state index in [1.54, 1.807) is 25.6 Å². The number of aliphatic hydroxyl groups excluding tert-OH is 1. The van der Waals surface area contributed by atoms with Gasteiger partial charge in [0.15, 0.2) is 0 Å². The van der Waals surface area contributed by atoms with Crippen molar-refractivity contribution in [3.8, 4) is 11.5 Å². The number of methoxy groups -OCH3 is 1. The molecule has 0 aliphatic heterocycles. The number of pyridine rings is 1. The topological polar surface area (TPSA) is 51.6 Å². The van der Waals surface area contributed by atoms with Crippen LogP contribution in [0.25, 0.3) is 0 Å². The molecule has 0 radical (unpaired) electrons. The van der Waals surface area contributed by atoms with E-state index in [1.165, 1.54) is 0 Å². The minimum absolute atomic E-state index is 0.560. The number of rotatable bonds is 6. The molecular weight excluding hydrogens is 254 g/mol. The van der Waals surface area contributed by atoms with E-state index in [4.69, 9.17) is 9.47 Å². The van der Waals surface area contributed by atoms with Gasteiger partial charge >= 0.3 is 0 Å². The largest absolute Gasteiger partial charge is 0.495 e. The Kier molecular flexibility index (Phi) is 4.96. The Morgan fingerprint density at radius 2 is 1.90 bits per heavy atom. The van der Waals surface area contributed by atoms with Gasteiger partial charge in [0.05, 0.1) is 19.9 Å². The Bertz CT molecular complexity index is 557. The Labute approximate surface area is 119 Å². The van der Waals surface area contributed by atoms with Crippen molar-refractivity contribution in [1.82, 2.24) is 4.98 Å². The second-order valence-electron chi connectivity index (χ2n) is 4.41. The third-order valence-electron chi connectivity index (χ3n) is 3.01. The van der Waals surface area contributed by atoms with Crippen LogP contribution in [0.4, 0.5) is 0 Å². The molecule has 0 aliphatic carbocycles. The summed E-state index contributed by atoms with van der Waals surface area (Å²) in [5.74, 6) is 1.26. The Balaban J connectivity index is 2.35. The molecule has 20 heavy (non-hydrogen) atoms. The number of hydrogen-bond donors (Lipinski definition) is 1. The van der Waals surface area contributed by atoms with E-state index >= 15 is 0 Å². The van der Waals surface area contributed by atoms with Crippen molar-refractivity contribution >= 4 is 0 Å². The summed E-state index contributed by atoms with van der Waals surface area (Å²) < 4.78 is 10.9. The summed E-state index contributed by atoms with van der Waals surface area (Å²) in [7, 11) is 1.56.